The molecule has 0 saturated heterocycles. The summed E-state index contributed by atoms with van der Waals surface area (Å²) in [5.74, 6) is -0.878. The molecule has 0 rings (SSSR count). The van der Waals surface area contributed by atoms with Crippen molar-refractivity contribution >= 4 is 17.9 Å². The van der Waals surface area contributed by atoms with Crippen LogP contribution in [0.4, 0.5) is 0 Å². The average molecular weight is 954 g/mol. The predicted octanol–water partition coefficient (Wildman–Crippen LogP) is 19.8. The molecule has 6 nitrogen and oxygen atoms in total. The number of hydrogen-bond acceptors (Lipinski definition) is 6. The second kappa shape index (κ2) is 57.0. The molecule has 1 atom stereocenters. The van der Waals surface area contributed by atoms with Crippen molar-refractivity contribution in [3.05, 3.63) is 48.6 Å². The van der Waals surface area contributed by atoms with E-state index in [1.165, 1.54) is 186 Å². The highest BCUT2D eigenvalue weighted by Crippen LogP contribution is 2.16. The first-order chi connectivity index (χ1) is 33.5. The Morgan fingerprint density at radius 2 is 0.544 bits per heavy atom. The summed E-state index contributed by atoms with van der Waals surface area (Å²) in [6.45, 7) is 6.60. The molecular weight excluding hydrogens is 841 g/mol. The number of allylic oxidation sites excluding steroid dienone is 8. The van der Waals surface area contributed by atoms with Crippen molar-refractivity contribution in [2.45, 2.75) is 316 Å². The van der Waals surface area contributed by atoms with Crippen LogP contribution in [0.3, 0.4) is 0 Å². The number of carbonyl (C=O) groups excluding carboxylic acids is 3. The highest BCUT2D eigenvalue weighted by molar-refractivity contribution is 5.71. The van der Waals surface area contributed by atoms with Crippen molar-refractivity contribution in [1.29, 1.82) is 0 Å². The quantitative estimate of drug-likeness (QED) is 0.0262. The maximum absolute atomic E-state index is 12.9. The number of unbranched alkanes of at least 4 members (excludes halogenated alkanes) is 35. The first-order valence-electron chi connectivity index (χ1n) is 29.6. The summed E-state index contributed by atoms with van der Waals surface area (Å²) in [7, 11) is 0. The van der Waals surface area contributed by atoms with Gasteiger partial charge in [0, 0.05) is 19.3 Å². The van der Waals surface area contributed by atoms with Gasteiger partial charge < -0.3 is 14.2 Å². The van der Waals surface area contributed by atoms with Gasteiger partial charge in [-0.05, 0) is 77.0 Å². The third-order valence-electron chi connectivity index (χ3n) is 13.1. The first kappa shape index (κ1) is 65.4. The Morgan fingerprint density at radius 1 is 0.294 bits per heavy atom. The summed E-state index contributed by atoms with van der Waals surface area (Å²) in [6, 6.07) is 0. The van der Waals surface area contributed by atoms with E-state index in [2.05, 4.69) is 69.4 Å². The minimum atomic E-state index is -0.778. The van der Waals surface area contributed by atoms with Crippen LogP contribution in [0.1, 0.15) is 310 Å². The third kappa shape index (κ3) is 54.3. The summed E-state index contributed by atoms with van der Waals surface area (Å²) in [5, 5.41) is 0. The van der Waals surface area contributed by atoms with Gasteiger partial charge in [-0.15, -0.1) is 0 Å². The van der Waals surface area contributed by atoms with Crippen LogP contribution in [-0.4, -0.2) is 37.2 Å². The second-order valence-corrected chi connectivity index (χ2v) is 19.9. The standard InChI is InChI=1S/C62H112O6/c1-4-7-10-13-16-19-22-25-28-30-31-33-34-37-40-43-46-49-52-55-61(64)67-58-59(57-66-60(63)54-51-48-45-42-39-36-27-24-21-18-15-12-9-6-3)68-62(65)56-53-50-47-44-41-38-35-32-29-26-23-20-17-14-11-8-5-2/h15-16,18-19,24-25,27-28,59H,4-14,17,20-23,26,29-58H2,1-3H3/b18-15-,19-16-,27-24-,28-25-/t59-/m1/s1. The first-order valence-corrected chi connectivity index (χ1v) is 29.6. The van der Waals surface area contributed by atoms with Crippen molar-refractivity contribution in [2.24, 2.45) is 0 Å². The fourth-order valence-corrected chi connectivity index (χ4v) is 8.55. The van der Waals surface area contributed by atoms with Gasteiger partial charge in [0.15, 0.2) is 6.10 Å². The van der Waals surface area contributed by atoms with Crippen LogP contribution in [0.25, 0.3) is 0 Å². The van der Waals surface area contributed by atoms with E-state index in [0.717, 1.165) is 83.5 Å². The van der Waals surface area contributed by atoms with Gasteiger partial charge in [-0.1, -0.05) is 262 Å². The maximum atomic E-state index is 12.9. The van der Waals surface area contributed by atoms with Crippen molar-refractivity contribution in [2.75, 3.05) is 13.2 Å². The van der Waals surface area contributed by atoms with E-state index in [1.54, 1.807) is 0 Å². The normalized spacial score (nSPS) is 12.3. The molecule has 0 aromatic rings. The molecule has 68 heavy (non-hydrogen) atoms. The molecule has 396 valence electrons. The lowest BCUT2D eigenvalue weighted by Crippen LogP contribution is -2.30. The summed E-state index contributed by atoms with van der Waals surface area (Å²) in [6.07, 6.45) is 69.5. The van der Waals surface area contributed by atoms with Crippen LogP contribution in [0.2, 0.25) is 0 Å². The lowest BCUT2D eigenvalue weighted by molar-refractivity contribution is -0.167. The fraction of sp³-hybridized carbons (Fsp3) is 0.823. The van der Waals surface area contributed by atoms with E-state index in [0.29, 0.717) is 19.3 Å². The summed E-state index contributed by atoms with van der Waals surface area (Å²) in [4.78, 5) is 38.2. The minimum Gasteiger partial charge on any atom is -0.462 e. The monoisotopic (exact) mass is 953 g/mol. The largest absolute Gasteiger partial charge is 0.462 e. The SMILES string of the molecule is CCCC/C=C\C/C=C\CCCCCCCC(=O)OC[C@H](COC(=O)CCCCCCCCCCC/C=C\C/C=C\CCCCC)OC(=O)CCCCCCCCCCCCCCCCCCC. The molecule has 0 N–H and O–H groups in total. The molecule has 0 aliphatic carbocycles. The summed E-state index contributed by atoms with van der Waals surface area (Å²) in [5.41, 5.74) is 0. The van der Waals surface area contributed by atoms with Crippen molar-refractivity contribution in [3.63, 3.8) is 0 Å². The molecule has 0 aromatic carbocycles. The molecule has 0 aliphatic rings. The highest BCUT2D eigenvalue weighted by Gasteiger charge is 2.19. The number of ether oxygens (including phenoxy) is 3. The van der Waals surface area contributed by atoms with E-state index in [4.69, 9.17) is 14.2 Å². The molecular formula is C62H112O6. The van der Waals surface area contributed by atoms with Crippen LogP contribution in [0.15, 0.2) is 48.6 Å². The Labute approximate surface area is 422 Å². The zero-order valence-corrected chi connectivity index (χ0v) is 45.4. The van der Waals surface area contributed by atoms with Gasteiger partial charge in [0.2, 0.25) is 0 Å². The van der Waals surface area contributed by atoms with Gasteiger partial charge in [-0.3, -0.25) is 14.4 Å². The average Bonchev–Trinajstić information content (AvgIpc) is 3.34. The Bertz CT molecular complexity index is 1190. The maximum Gasteiger partial charge on any atom is 0.306 e. The number of esters is 3. The smallest absolute Gasteiger partial charge is 0.306 e. The Balaban J connectivity index is 4.35. The van der Waals surface area contributed by atoms with E-state index in [9.17, 15) is 14.4 Å². The molecule has 0 unspecified atom stereocenters. The molecule has 0 saturated carbocycles. The second-order valence-electron chi connectivity index (χ2n) is 19.9. The van der Waals surface area contributed by atoms with Gasteiger partial charge >= 0.3 is 17.9 Å². The Morgan fingerprint density at radius 3 is 0.882 bits per heavy atom. The molecule has 0 aromatic heterocycles. The Hall–Kier alpha value is -2.63. The molecule has 0 spiro atoms. The van der Waals surface area contributed by atoms with Gasteiger partial charge in [-0.25, -0.2) is 0 Å². The lowest BCUT2D eigenvalue weighted by Gasteiger charge is -2.18. The van der Waals surface area contributed by atoms with Gasteiger partial charge in [0.05, 0.1) is 0 Å². The lowest BCUT2D eigenvalue weighted by atomic mass is 10.0. The van der Waals surface area contributed by atoms with Gasteiger partial charge in [0.1, 0.15) is 13.2 Å². The minimum absolute atomic E-state index is 0.0769. The number of rotatable bonds is 54. The fourth-order valence-electron chi connectivity index (χ4n) is 8.55. The van der Waals surface area contributed by atoms with Gasteiger partial charge in [0.25, 0.3) is 0 Å². The molecule has 0 aliphatic heterocycles. The van der Waals surface area contributed by atoms with Crippen molar-refractivity contribution in [1.82, 2.24) is 0 Å². The van der Waals surface area contributed by atoms with Crippen LogP contribution < -0.4 is 0 Å². The molecule has 0 fully saturated rings. The summed E-state index contributed by atoms with van der Waals surface area (Å²) < 4.78 is 16.9. The number of carbonyl (C=O) groups is 3. The zero-order valence-electron chi connectivity index (χ0n) is 45.4. The van der Waals surface area contributed by atoms with Crippen LogP contribution in [0, 0.1) is 0 Å². The molecule has 0 bridgehead atoms. The molecule has 0 radical (unpaired) electrons. The highest BCUT2D eigenvalue weighted by atomic mass is 16.6. The van der Waals surface area contributed by atoms with Crippen molar-refractivity contribution < 1.29 is 28.6 Å². The zero-order chi connectivity index (χ0) is 49.3. The Kier molecular flexibility index (Phi) is 54.8. The third-order valence-corrected chi connectivity index (χ3v) is 13.1. The van der Waals surface area contributed by atoms with E-state index in [1.807, 2.05) is 0 Å². The van der Waals surface area contributed by atoms with Crippen molar-refractivity contribution in [3.8, 4) is 0 Å². The topological polar surface area (TPSA) is 78.9 Å². The molecule has 0 amide bonds. The predicted molar refractivity (Wildman–Crippen MR) is 293 cm³/mol. The molecule has 6 heteroatoms. The van der Waals surface area contributed by atoms with Gasteiger partial charge in [-0.2, -0.15) is 0 Å². The molecule has 0 heterocycles. The number of hydrogen-bond donors (Lipinski definition) is 0. The van der Waals surface area contributed by atoms with Crippen LogP contribution in [-0.2, 0) is 28.6 Å². The van der Waals surface area contributed by atoms with Crippen LogP contribution >= 0.6 is 0 Å². The van der Waals surface area contributed by atoms with E-state index in [-0.39, 0.29) is 31.1 Å². The van der Waals surface area contributed by atoms with E-state index >= 15 is 0 Å². The van der Waals surface area contributed by atoms with Crippen LogP contribution in [0.5, 0.6) is 0 Å². The summed E-state index contributed by atoms with van der Waals surface area (Å²) >= 11 is 0. The van der Waals surface area contributed by atoms with E-state index < -0.39 is 6.10 Å².